The van der Waals surface area contributed by atoms with Crippen molar-refractivity contribution in [2.75, 3.05) is 39.2 Å². The van der Waals surface area contributed by atoms with Gasteiger partial charge in [0.1, 0.15) is 24.2 Å². The Balaban J connectivity index is 0.000000537. The third kappa shape index (κ3) is 14.3. The number of anilines is 1. The number of hydrogen-bond acceptors (Lipinski definition) is 9. The van der Waals surface area contributed by atoms with Crippen LogP contribution >= 0.6 is 12.4 Å². The Morgan fingerprint density at radius 2 is 1.55 bits per heavy atom. The first-order chi connectivity index (χ1) is 17.7. The van der Waals surface area contributed by atoms with Crippen molar-refractivity contribution in [3.63, 3.8) is 0 Å². The van der Waals surface area contributed by atoms with E-state index in [4.69, 9.17) is 29.9 Å². The van der Waals surface area contributed by atoms with Gasteiger partial charge in [-0.3, -0.25) is 4.79 Å². The number of aliphatic hydroxyl groups excluding tert-OH is 3. The van der Waals surface area contributed by atoms with Gasteiger partial charge < -0.3 is 45.6 Å². The number of hydrogen-bond donors (Lipinski definition) is 7. The number of aromatic hydroxyl groups is 2. The minimum absolute atomic E-state index is 0. The van der Waals surface area contributed by atoms with Crippen molar-refractivity contribution in [3.05, 3.63) is 78.4 Å². The molecule has 0 aliphatic carbocycles. The van der Waals surface area contributed by atoms with E-state index in [0.717, 1.165) is 5.56 Å². The zero-order valence-corrected chi connectivity index (χ0v) is 22.4. The van der Waals surface area contributed by atoms with Crippen LogP contribution in [0.4, 0.5) is 5.69 Å². The van der Waals surface area contributed by atoms with Gasteiger partial charge in [0.25, 0.3) is 0 Å². The molecule has 10 nitrogen and oxygen atoms in total. The summed E-state index contributed by atoms with van der Waals surface area (Å²) in [6, 6.07) is 20.1. The highest BCUT2D eigenvalue weighted by atomic mass is 35.5. The summed E-state index contributed by atoms with van der Waals surface area (Å²) < 4.78 is 10.3. The number of para-hydroxylation sites is 2. The number of rotatable bonds is 9. The van der Waals surface area contributed by atoms with Crippen molar-refractivity contribution < 1.29 is 39.8 Å². The normalized spacial score (nSPS) is 11.2. The molecule has 38 heavy (non-hydrogen) atoms. The maximum absolute atomic E-state index is 10.5. The van der Waals surface area contributed by atoms with Crippen LogP contribution in [0, 0.1) is 0 Å². The third-order valence-electron chi connectivity index (χ3n) is 4.55. The molecule has 3 aromatic carbocycles. The molecule has 3 aromatic rings. The number of ether oxygens (including phenoxy) is 2. The van der Waals surface area contributed by atoms with Gasteiger partial charge in [-0.2, -0.15) is 0 Å². The number of halogens is 1. The Bertz CT molecular complexity index is 1050. The maximum Gasteiger partial charge on any atom is 0.221 e. The van der Waals surface area contributed by atoms with E-state index < -0.39 is 12.2 Å². The van der Waals surface area contributed by atoms with Gasteiger partial charge in [0.2, 0.25) is 5.91 Å². The van der Waals surface area contributed by atoms with Gasteiger partial charge in [0, 0.05) is 19.2 Å². The number of phenols is 2. The lowest BCUT2D eigenvalue weighted by Gasteiger charge is -2.12. The van der Waals surface area contributed by atoms with Gasteiger partial charge in [-0.25, -0.2) is 0 Å². The first kappa shape index (κ1) is 34.5. The fraction of sp³-hybridized carbons (Fsp3) is 0.296. The van der Waals surface area contributed by atoms with E-state index in [0.29, 0.717) is 23.7 Å². The number of benzene rings is 3. The number of nitrogens with one attached hydrogen (secondary N) is 2. The van der Waals surface area contributed by atoms with Crippen LogP contribution in [-0.4, -0.2) is 71.5 Å². The highest BCUT2D eigenvalue weighted by Gasteiger charge is 2.07. The summed E-state index contributed by atoms with van der Waals surface area (Å²) in [6.45, 7) is 1.67. The van der Waals surface area contributed by atoms with Gasteiger partial charge in [-0.1, -0.05) is 24.3 Å². The molecular weight excluding hydrogens is 516 g/mol. The molecule has 0 saturated carbocycles. The van der Waals surface area contributed by atoms with Crippen molar-refractivity contribution in [1.29, 1.82) is 0 Å². The van der Waals surface area contributed by atoms with E-state index in [1.165, 1.54) is 19.1 Å². The molecule has 0 spiro atoms. The molecule has 0 bridgehead atoms. The van der Waals surface area contributed by atoms with Crippen LogP contribution in [0.2, 0.25) is 0 Å². The molecule has 0 aliphatic rings. The van der Waals surface area contributed by atoms with Gasteiger partial charge >= 0.3 is 0 Å². The fourth-order valence-corrected chi connectivity index (χ4v) is 2.77. The Morgan fingerprint density at radius 1 is 0.921 bits per heavy atom. The van der Waals surface area contributed by atoms with E-state index in [-0.39, 0.29) is 43.0 Å². The first-order valence-corrected chi connectivity index (χ1v) is 11.4. The van der Waals surface area contributed by atoms with Crippen molar-refractivity contribution in [1.82, 2.24) is 5.32 Å². The summed E-state index contributed by atoms with van der Waals surface area (Å²) in [4.78, 5) is 10.5. The van der Waals surface area contributed by atoms with E-state index in [9.17, 15) is 9.90 Å². The smallest absolute Gasteiger partial charge is 0.221 e. The van der Waals surface area contributed by atoms with Crippen molar-refractivity contribution in [2.24, 2.45) is 0 Å². The molecule has 2 atom stereocenters. The third-order valence-corrected chi connectivity index (χ3v) is 4.55. The quantitative estimate of drug-likeness (QED) is 0.198. The van der Waals surface area contributed by atoms with Crippen molar-refractivity contribution in [2.45, 2.75) is 19.1 Å². The molecule has 0 saturated heterocycles. The molecule has 210 valence electrons. The highest BCUT2D eigenvalue weighted by molar-refractivity contribution is 5.88. The molecule has 1 unspecified atom stereocenters. The number of methoxy groups -OCH3 is 1. The number of carbonyl (C=O) groups is 1. The monoisotopic (exact) mass is 552 g/mol. The van der Waals surface area contributed by atoms with Crippen LogP contribution in [0.15, 0.2) is 72.8 Å². The summed E-state index contributed by atoms with van der Waals surface area (Å²) in [6.07, 6.45) is -1.41. The summed E-state index contributed by atoms with van der Waals surface area (Å²) in [5.41, 5.74) is 1.42. The van der Waals surface area contributed by atoms with Gasteiger partial charge in [0.15, 0.2) is 11.5 Å². The lowest BCUT2D eigenvalue weighted by Crippen LogP contribution is -2.21. The number of phenolic OH excluding ortho intramolecular Hbond substituents is 2. The van der Waals surface area contributed by atoms with Crippen LogP contribution < -0.4 is 20.1 Å². The van der Waals surface area contributed by atoms with E-state index in [1.807, 2.05) is 12.1 Å². The zero-order valence-electron chi connectivity index (χ0n) is 21.6. The SMILES string of the molecule is CC(=O)Nc1ccc(O)cc1.CNC[C@H](O)c1cccc(O)c1.COc1ccccc1OCC(O)CO.Cl. The molecule has 0 heterocycles. The number of amides is 1. The second kappa shape index (κ2) is 19.6. The molecule has 0 aromatic heterocycles. The Kier molecular flexibility index (Phi) is 17.7. The number of aliphatic hydroxyl groups is 3. The summed E-state index contributed by atoms with van der Waals surface area (Å²) in [7, 11) is 3.32. The van der Waals surface area contributed by atoms with E-state index in [1.54, 1.807) is 62.7 Å². The molecule has 0 radical (unpaired) electrons. The van der Waals surface area contributed by atoms with Crippen molar-refractivity contribution in [3.8, 4) is 23.0 Å². The Labute approximate surface area is 228 Å². The van der Waals surface area contributed by atoms with Gasteiger partial charge in [-0.05, 0) is 61.1 Å². The predicted molar refractivity (Wildman–Crippen MR) is 148 cm³/mol. The second-order valence-electron chi connectivity index (χ2n) is 7.69. The standard InChI is InChI=1S/C10H14O4.C9H13NO2.C8H9NO2.ClH/c1-13-9-4-2-3-5-10(9)14-7-8(12)6-11;1-10-6-9(12)7-3-2-4-8(11)5-7;1-6(10)9-7-2-4-8(11)5-3-7;/h2-5,8,11-12H,6-7H2,1H3;2-5,9-12H,6H2,1H3;2-5,11H,1H3,(H,9,10);1H/t;9-;;/m.0../s1. The highest BCUT2D eigenvalue weighted by Crippen LogP contribution is 2.25. The van der Waals surface area contributed by atoms with Gasteiger partial charge in [-0.15, -0.1) is 12.4 Å². The van der Waals surface area contributed by atoms with Crippen LogP contribution in [0.5, 0.6) is 23.0 Å². The molecule has 0 fully saturated rings. The van der Waals surface area contributed by atoms with Crippen LogP contribution in [-0.2, 0) is 4.79 Å². The van der Waals surface area contributed by atoms with Crippen LogP contribution in [0.1, 0.15) is 18.6 Å². The van der Waals surface area contributed by atoms with Crippen LogP contribution in [0.25, 0.3) is 0 Å². The second-order valence-corrected chi connectivity index (χ2v) is 7.69. The average Bonchev–Trinajstić information content (AvgIpc) is 2.89. The fourth-order valence-electron chi connectivity index (χ4n) is 2.77. The largest absolute Gasteiger partial charge is 0.508 e. The number of carbonyl (C=O) groups excluding carboxylic acids is 1. The predicted octanol–water partition coefficient (Wildman–Crippen LogP) is 2.84. The van der Waals surface area contributed by atoms with Crippen molar-refractivity contribution >= 4 is 24.0 Å². The first-order valence-electron chi connectivity index (χ1n) is 11.4. The van der Waals surface area contributed by atoms with E-state index in [2.05, 4.69) is 10.6 Å². The average molecular weight is 553 g/mol. The molecule has 7 N–H and O–H groups in total. The summed E-state index contributed by atoms with van der Waals surface area (Å²) in [5, 5.41) is 50.5. The topological polar surface area (TPSA) is 161 Å². The Hall–Kier alpha value is -3.54. The molecule has 11 heteroatoms. The lowest BCUT2D eigenvalue weighted by atomic mass is 10.1. The summed E-state index contributed by atoms with van der Waals surface area (Å²) >= 11 is 0. The molecular formula is C27H37ClN2O8. The molecule has 0 aliphatic heterocycles. The molecule has 1 amide bonds. The van der Waals surface area contributed by atoms with Gasteiger partial charge in [0.05, 0.1) is 19.8 Å². The number of likely N-dealkylation sites (N-methyl/N-ethyl adjacent to an activating group) is 1. The zero-order chi connectivity index (χ0) is 27.6. The minimum Gasteiger partial charge on any atom is -0.508 e. The maximum atomic E-state index is 10.5. The molecule has 3 rings (SSSR count). The van der Waals surface area contributed by atoms with Crippen LogP contribution in [0.3, 0.4) is 0 Å². The summed E-state index contributed by atoms with van der Waals surface area (Å²) in [5.74, 6) is 1.43. The van der Waals surface area contributed by atoms with E-state index >= 15 is 0 Å². The minimum atomic E-state index is -0.861. The lowest BCUT2D eigenvalue weighted by molar-refractivity contribution is -0.114. The Morgan fingerprint density at radius 3 is 2.08 bits per heavy atom.